The first-order chi connectivity index (χ1) is 1.00. The van der Waals surface area contributed by atoms with Gasteiger partial charge in [-0.05, 0) is 0 Å². The Kier molecular flexibility index (Phi) is 98.6. The maximum atomic E-state index is 8.39. The summed E-state index contributed by atoms with van der Waals surface area (Å²) in [6, 6.07) is 0. The summed E-state index contributed by atoms with van der Waals surface area (Å²) in [7, 11) is 0. The van der Waals surface area contributed by atoms with Crippen molar-refractivity contribution in [2.75, 3.05) is 0 Å². The zero-order valence-electron chi connectivity index (χ0n) is 2.12. The fourth-order valence-corrected chi connectivity index (χ4v) is 0. The average Bonchev–Trinajstić information content (AvgIpc) is 1.00. The predicted molar refractivity (Wildman–Crippen MR) is 18.2 cm³/mol. The Hall–Kier alpha value is 1.66. The topological polar surface area (TPSA) is 17.1 Å². The van der Waals surface area contributed by atoms with Crippen LogP contribution in [0, 0.1) is 0 Å². The van der Waals surface area contributed by atoms with Crippen molar-refractivity contribution in [2.24, 2.45) is 0 Å². The molecule has 0 aliphatic rings. The van der Waals surface area contributed by atoms with Crippen molar-refractivity contribution in [3.63, 3.8) is 0 Å². The van der Waals surface area contributed by atoms with Crippen LogP contribution in [0.5, 0.6) is 0 Å². The zero-order chi connectivity index (χ0) is 2.00. The Morgan fingerprint density at radius 2 is 1.25 bits per heavy atom. The third-order valence-electron chi connectivity index (χ3n) is 0. The van der Waals surface area contributed by atoms with E-state index in [-0.39, 0.29) is 57.7 Å². The smallest absolute Gasteiger partial charge is 0 e. The van der Waals surface area contributed by atoms with Gasteiger partial charge in [-0.15, -0.1) is 0 Å². The molecule has 0 heterocycles. The van der Waals surface area contributed by atoms with Gasteiger partial charge in [0.05, 0.1) is 0 Å². The summed E-state index contributed by atoms with van der Waals surface area (Å²) in [6.07, 6.45) is 0. The minimum Gasteiger partial charge on any atom is 0 e. The van der Waals surface area contributed by atoms with E-state index >= 15 is 0 Å². The van der Waals surface area contributed by atoms with Gasteiger partial charge in [-0.3, -0.25) is 0 Å². The molecule has 0 unspecified atom stereocenters. The van der Waals surface area contributed by atoms with Crippen molar-refractivity contribution in [1.29, 1.82) is 0 Å². The van der Waals surface area contributed by atoms with E-state index < -0.39 is 0 Å². The van der Waals surface area contributed by atoms with E-state index in [2.05, 4.69) is 0 Å². The van der Waals surface area contributed by atoms with E-state index in [1.165, 1.54) is 0 Å². The predicted octanol–water partition coefficient (Wildman–Crippen LogP) is -0.657. The van der Waals surface area contributed by atoms with Gasteiger partial charge in [-0.1, -0.05) is 0 Å². The van der Waals surface area contributed by atoms with Crippen LogP contribution in [0.1, 0.15) is 0 Å². The molecule has 0 bridgehead atoms. The number of hydrogen-bond acceptors (Lipinski definition) is 1. The third-order valence-corrected chi connectivity index (χ3v) is 0. The van der Waals surface area contributed by atoms with Gasteiger partial charge in [0.25, 0.3) is 0 Å². The molecule has 4 heavy (non-hydrogen) atoms. The monoisotopic (exact) mass is 324 g/mol. The van der Waals surface area contributed by atoms with Crippen molar-refractivity contribution < 1.29 is 22.3 Å². The minimum atomic E-state index is 0. The van der Waals surface area contributed by atoms with Crippen LogP contribution in [0.25, 0.3) is 0 Å². The molecule has 0 aliphatic heterocycles. The Bertz CT molecular complexity index is 8.00. The van der Waals surface area contributed by atoms with Crippen LogP contribution < -0.4 is 0 Å². The molecule has 0 aromatic rings. The summed E-state index contributed by atoms with van der Waals surface area (Å²) in [5.41, 5.74) is 0. The molecule has 0 radical (unpaired) electrons. The summed E-state index contributed by atoms with van der Waals surface area (Å²) in [5.74, 6) is 0. The van der Waals surface area contributed by atoms with Gasteiger partial charge in [-0.2, -0.15) is 13.5 Å². The Labute approximate surface area is 60.0 Å². The van der Waals surface area contributed by atoms with E-state index in [9.17, 15) is 0 Å². The quantitative estimate of drug-likeness (QED) is 0.541. The summed E-state index contributed by atoms with van der Waals surface area (Å²) >= 11 is 0.0556. The number of hydrogen-bond donors (Lipinski definition) is 0. The molecule has 0 atom stereocenters. The molecule has 0 aromatic heterocycles. The van der Waals surface area contributed by atoms with E-state index in [1.54, 1.807) is 0 Å². The van der Waals surface area contributed by atoms with E-state index in [0.29, 0.717) is 0 Å². The first-order valence-corrected chi connectivity index (χ1v) is 1.79. The van der Waals surface area contributed by atoms with Crippen LogP contribution in [0.4, 0.5) is 0 Å². The van der Waals surface area contributed by atoms with E-state index in [1.807, 2.05) is 0 Å². The first kappa shape index (κ1) is 17.4. The third kappa shape index (κ3) is 9.40. The molecule has 1 nitrogen and oxygen atoms in total. The molecular weight excluding hydrogens is 322 g/mol. The molecule has 0 saturated carbocycles. The Morgan fingerprint density at radius 1 is 1.25 bits per heavy atom. The molecule has 0 amide bonds. The minimum absolute atomic E-state index is 0. The normalized spacial score (nSPS) is 1.00. The van der Waals surface area contributed by atoms with Gasteiger partial charge >= 0.3 is 27.5 Å². The second-order valence-electron chi connectivity index (χ2n) is 0. The van der Waals surface area contributed by atoms with Crippen LogP contribution in [-0.4, -0.2) is 24.7 Å². The van der Waals surface area contributed by atoms with Gasteiger partial charge < -0.3 is 0 Å². The molecule has 0 N–H and O–H groups in total. The summed E-state index contributed by atoms with van der Waals surface area (Å²) in [6.45, 7) is 0. The Balaban J connectivity index is -0.00000000500. The molecule has 0 aromatic carbocycles. The molecule has 0 fully saturated rings. The number of rotatable bonds is 0. The zero-order valence-corrected chi connectivity index (χ0v) is 9.97. The SMILES string of the molecule is S.[O]=[BiH].[Zn]. The average molecular weight is 325 g/mol. The Morgan fingerprint density at radius 3 is 1.25 bits per heavy atom. The van der Waals surface area contributed by atoms with E-state index in [4.69, 9.17) is 2.81 Å². The van der Waals surface area contributed by atoms with Crippen LogP contribution in [-0.2, 0) is 22.3 Å². The van der Waals surface area contributed by atoms with Crippen LogP contribution >= 0.6 is 13.5 Å². The molecule has 0 saturated heterocycles. The summed E-state index contributed by atoms with van der Waals surface area (Å²) in [4.78, 5) is 0. The molecule has 4 heteroatoms. The van der Waals surface area contributed by atoms with Crippen molar-refractivity contribution in [3.8, 4) is 0 Å². The standard InChI is InChI=1S/Bi.O.H2S.Zn.H/h;;1H2;;. The van der Waals surface area contributed by atoms with Crippen molar-refractivity contribution in [1.82, 2.24) is 0 Å². The molecule has 22 valence electrons. The fourth-order valence-electron chi connectivity index (χ4n) is 0. The van der Waals surface area contributed by atoms with Crippen molar-refractivity contribution in [2.45, 2.75) is 0 Å². The van der Waals surface area contributed by atoms with Gasteiger partial charge in [0.15, 0.2) is 0 Å². The summed E-state index contributed by atoms with van der Waals surface area (Å²) < 4.78 is 8.39. The van der Waals surface area contributed by atoms with Crippen LogP contribution in [0.15, 0.2) is 0 Å². The van der Waals surface area contributed by atoms with Crippen molar-refractivity contribution >= 4 is 38.2 Å². The second kappa shape index (κ2) is 22.7. The van der Waals surface area contributed by atoms with Gasteiger partial charge in [0.2, 0.25) is 0 Å². The molecule has 0 spiro atoms. The van der Waals surface area contributed by atoms with E-state index in [0.717, 1.165) is 0 Å². The molecule has 0 rings (SSSR count). The maximum absolute atomic E-state index is 8.39. The maximum Gasteiger partial charge on any atom is 0 e. The first-order valence-electron chi connectivity index (χ1n) is 0.204. The molecule has 0 aliphatic carbocycles. The van der Waals surface area contributed by atoms with Crippen LogP contribution in [0.3, 0.4) is 0 Å². The van der Waals surface area contributed by atoms with Crippen molar-refractivity contribution in [3.05, 3.63) is 0 Å². The summed E-state index contributed by atoms with van der Waals surface area (Å²) in [5, 5.41) is 0. The van der Waals surface area contributed by atoms with Gasteiger partial charge in [0, 0.05) is 19.5 Å². The fraction of sp³-hybridized carbons (Fsp3) is 0. The second-order valence-corrected chi connectivity index (χ2v) is 0. The van der Waals surface area contributed by atoms with Crippen LogP contribution in [0.2, 0.25) is 0 Å². The molecular formula is H3BiOSZn. The largest absolute Gasteiger partial charge is 0 e. The van der Waals surface area contributed by atoms with Gasteiger partial charge in [-0.25, -0.2) is 0 Å². The van der Waals surface area contributed by atoms with Gasteiger partial charge in [0.1, 0.15) is 0 Å².